The lowest BCUT2D eigenvalue weighted by Crippen LogP contribution is -1.98. The van der Waals surface area contributed by atoms with Crippen LogP contribution in [0, 0.1) is 5.82 Å². The van der Waals surface area contributed by atoms with Gasteiger partial charge >= 0.3 is 0 Å². The third kappa shape index (κ3) is 2.77. The van der Waals surface area contributed by atoms with E-state index in [9.17, 15) is 9.18 Å². The van der Waals surface area contributed by atoms with Gasteiger partial charge in [-0.3, -0.25) is 4.79 Å². The smallest absolute Gasteiger partial charge is 0.163 e. The van der Waals surface area contributed by atoms with E-state index < -0.39 is 5.82 Å². The minimum atomic E-state index is -0.453. The first kappa shape index (κ1) is 13.3. The van der Waals surface area contributed by atoms with Crippen molar-refractivity contribution in [1.29, 1.82) is 0 Å². The lowest BCUT2D eigenvalue weighted by Gasteiger charge is -2.10. The van der Waals surface area contributed by atoms with Gasteiger partial charge in [-0.2, -0.15) is 0 Å². The first-order valence-electron chi connectivity index (χ1n) is 6.60. The fourth-order valence-electron chi connectivity index (χ4n) is 2.22. The number of carbonyl (C=O) groups is 1. The maximum atomic E-state index is 13.2. The first-order valence-corrected chi connectivity index (χ1v) is 6.60. The SMILES string of the molecule is CC(=O)c1cc(F)ccc1Oc1ccc2ccccc2c1. The number of Topliss-reactive ketones (excluding diaryl/α,β-unsaturated/α-hetero) is 1. The molecule has 0 saturated carbocycles. The van der Waals surface area contributed by atoms with Gasteiger partial charge < -0.3 is 4.74 Å². The molecule has 0 aromatic heterocycles. The fraction of sp³-hybridized carbons (Fsp3) is 0.0556. The highest BCUT2D eigenvalue weighted by molar-refractivity contribution is 5.97. The summed E-state index contributed by atoms with van der Waals surface area (Å²) in [5.74, 6) is 0.290. The topological polar surface area (TPSA) is 26.3 Å². The van der Waals surface area contributed by atoms with Crippen molar-refractivity contribution < 1.29 is 13.9 Å². The van der Waals surface area contributed by atoms with Gasteiger partial charge in [0.05, 0.1) is 5.56 Å². The highest BCUT2D eigenvalue weighted by Crippen LogP contribution is 2.28. The van der Waals surface area contributed by atoms with Gasteiger partial charge in [0.2, 0.25) is 0 Å². The number of hydrogen-bond acceptors (Lipinski definition) is 2. The maximum Gasteiger partial charge on any atom is 0.163 e. The van der Waals surface area contributed by atoms with E-state index in [1.807, 2.05) is 42.5 Å². The summed E-state index contributed by atoms with van der Waals surface area (Å²) in [4.78, 5) is 11.6. The monoisotopic (exact) mass is 280 g/mol. The lowest BCUT2D eigenvalue weighted by molar-refractivity contribution is 0.101. The van der Waals surface area contributed by atoms with E-state index >= 15 is 0 Å². The molecule has 0 N–H and O–H groups in total. The minimum Gasteiger partial charge on any atom is -0.457 e. The predicted molar refractivity (Wildman–Crippen MR) is 80.4 cm³/mol. The van der Waals surface area contributed by atoms with Gasteiger partial charge in [-0.25, -0.2) is 4.39 Å². The summed E-state index contributed by atoms with van der Waals surface area (Å²) >= 11 is 0. The summed E-state index contributed by atoms with van der Waals surface area (Å²) in [6.45, 7) is 1.39. The van der Waals surface area contributed by atoms with E-state index in [0.29, 0.717) is 11.5 Å². The largest absolute Gasteiger partial charge is 0.457 e. The molecular formula is C18H13FO2. The van der Waals surface area contributed by atoms with E-state index in [4.69, 9.17) is 4.74 Å². The highest BCUT2D eigenvalue weighted by Gasteiger charge is 2.11. The summed E-state index contributed by atoms with van der Waals surface area (Å²) in [6.07, 6.45) is 0. The van der Waals surface area contributed by atoms with E-state index in [1.54, 1.807) is 0 Å². The van der Waals surface area contributed by atoms with Crippen LogP contribution in [0.2, 0.25) is 0 Å². The van der Waals surface area contributed by atoms with Crippen LogP contribution in [0.25, 0.3) is 10.8 Å². The molecule has 0 aliphatic rings. The summed E-state index contributed by atoms with van der Waals surface area (Å²) in [5.41, 5.74) is 0.239. The third-order valence-corrected chi connectivity index (χ3v) is 3.27. The van der Waals surface area contributed by atoms with Crippen molar-refractivity contribution in [1.82, 2.24) is 0 Å². The number of rotatable bonds is 3. The maximum absolute atomic E-state index is 13.2. The second-order valence-corrected chi connectivity index (χ2v) is 4.81. The van der Waals surface area contributed by atoms with Crippen LogP contribution in [0.1, 0.15) is 17.3 Å². The van der Waals surface area contributed by atoms with E-state index in [-0.39, 0.29) is 11.3 Å². The molecular weight excluding hydrogens is 267 g/mol. The quantitative estimate of drug-likeness (QED) is 0.633. The number of ether oxygens (including phenoxy) is 1. The number of fused-ring (bicyclic) bond motifs is 1. The standard InChI is InChI=1S/C18H13FO2/c1-12(20)17-11-15(19)7-9-18(17)21-16-8-6-13-4-2-3-5-14(13)10-16/h2-11H,1H3. The Bertz CT molecular complexity index is 824. The Labute approximate surface area is 121 Å². The number of ketones is 1. The average Bonchev–Trinajstić information content (AvgIpc) is 2.49. The van der Waals surface area contributed by atoms with Gasteiger partial charge in [0.25, 0.3) is 0 Å². The van der Waals surface area contributed by atoms with Gasteiger partial charge in [-0.05, 0) is 48.0 Å². The summed E-state index contributed by atoms with van der Waals surface area (Å²) < 4.78 is 19.0. The molecule has 0 atom stereocenters. The second kappa shape index (κ2) is 5.37. The Morgan fingerprint density at radius 3 is 2.48 bits per heavy atom. The number of halogens is 1. The van der Waals surface area contributed by atoms with Crippen molar-refractivity contribution in [2.45, 2.75) is 6.92 Å². The number of hydrogen-bond donors (Lipinski definition) is 0. The molecule has 0 fully saturated rings. The van der Waals surface area contributed by atoms with Crippen molar-refractivity contribution >= 4 is 16.6 Å². The zero-order valence-electron chi connectivity index (χ0n) is 11.5. The summed E-state index contributed by atoms with van der Waals surface area (Å²) in [6, 6.07) is 17.5. The minimum absolute atomic E-state index is 0.231. The molecule has 0 aliphatic heterocycles. The molecule has 3 rings (SSSR count). The van der Waals surface area contributed by atoms with Crippen LogP contribution in [0.3, 0.4) is 0 Å². The molecule has 3 aromatic carbocycles. The van der Waals surface area contributed by atoms with Crippen molar-refractivity contribution in [2.24, 2.45) is 0 Å². The molecule has 0 radical (unpaired) electrons. The molecule has 2 nitrogen and oxygen atoms in total. The molecule has 0 saturated heterocycles. The lowest BCUT2D eigenvalue weighted by atomic mass is 10.1. The zero-order valence-corrected chi connectivity index (χ0v) is 11.5. The van der Waals surface area contributed by atoms with Gasteiger partial charge in [-0.1, -0.05) is 30.3 Å². The number of carbonyl (C=O) groups excluding carboxylic acids is 1. The normalized spacial score (nSPS) is 10.6. The Hall–Kier alpha value is -2.68. The zero-order chi connectivity index (χ0) is 14.8. The Balaban J connectivity index is 2.00. The fourth-order valence-corrected chi connectivity index (χ4v) is 2.22. The summed E-state index contributed by atoms with van der Waals surface area (Å²) in [5, 5.41) is 2.15. The van der Waals surface area contributed by atoms with Gasteiger partial charge in [0.15, 0.2) is 5.78 Å². The van der Waals surface area contributed by atoms with Crippen molar-refractivity contribution in [3.8, 4) is 11.5 Å². The molecule has 0 unspecified atom stereocenters. The van der Waals surface area contributed by atoms with Crippen molar-refractivity contribution in [3.05, 3.63) is 72.0 Å². The molecule has 0 aliphatic carbocycles. The van der Waals surface area contributed by atoms with Crippen molar-refractivity contribution in [3.63, 3.8) is 0 Å². The Morgan fingerprint density at radius 2 is 1.71 bits per heavy atom. The molecule has 0 bridgehead atoms. The Morgan fingerprint density at radius 1 is 0.952 bits per heavy atom. The molecule has 21 heavy (non-hydrogen) atoms. The van der Waals surface area contributed by atoms with Crippen LogP contribution in [-0.2, 0) is 0 Å². The van der Waals surface area contributed by atoms with Crippen LogP contribution in [0.5, 0.6) is 11.5 Å². The van der Waals surface area contributed by atoms with Crippen LogP contribution in [-0.4, -0.2) is 5.78 Å². The van der Waals surface area contributed by atoms with E-state index in [2.05, 4.69) is 0 Å². The van der Waals surface area contributed by atoms with Crippen LogP contribution in [0.4, 0.5) is 4.39 Å². The average molecular weight is 280 g/mol. The molecule has 3 aromatic rings. The van der Waals surface area contributed by atoms with E-state index in [0.717, 1.165) is 10.8 Å². The van der Waals surface area contributed by atoms with Crippen LogP contribution < -0.4 is 4.74 Å². The van der Waals surface area contributed by atoms with Crippen molar-refractivity contribution in [2.75, 3.05) is 0 Å². The van der Waals surface area contributed by atoms with E-state index in [1.165, 1.54) is 25.1 Å². The predicted octanol–water partition coefficient (Wildman–Crippen LogP) is 4.97. The van der Waals surface area contributed by atoms with Gasteiger partial charge in [0.1, 0.15) is 17.3 Å². The Kier molecular flexibility index (Phi) is 3.40. The van der Waals surface area contributed by atoms with Crippen LogP contribution >= 0.6 is 0 Å². The summed E-state index contributed by atoms with van der Waals surface area (Å²) in [7, 11) is 0. The van der Waals surface area contributed by atoms with Gasteiger partial charge in [-0.15, -0.1) is 0 Å². The molecule has 0 heterocycles. The highest BCUT2D eigenvalue weighted by atomic mass is 19.1. The van der Waals surface area contributed by atoms with Crippen LogP contribution in [0.15, 0.2) is 60.7 Å². The molecule has 0 spiro atoms. The number of benzene rings is 3. The van der Waals surface area contributed by atoms with Gasteiger partial charge in [0, 0.05) is 0 Å². The molecule has 3 heteroatoms. The third-order valence-electron chi connectivity index (χ3n) is 3.27. The molecule has 104 valence electrons. The second-order valence-electron chi connectivity index (χ2n) is 4.81. The molecule has 0 amide bonds. The first-order chi connectivity index (χ1) is 10.1.